The van der Waals surface area contributed by atoms with E-state index in [1.165, 1.54) is 173 Å². The molecule has 0 saturated carbocycles. The third kappa shape index (κ3) is 41.4. The zero-order valence-electron chi connectivity index (χ0n) is 35.4. The largest absolute Gasteiger partial charge is 0.462 e. The van der Waals surface area contributed by atoms with Crippen molar-refractivity contribution in [3.8, 4) is 0 Å². The van der Waals surface area contributed by atoms with E-state index in [1.54, 1.807) is 0 Å². The molecular weight excluding hydrogens is 645 g/mol. The maximum Gasteiger partial charge on any atom is 0.306 e. The quantitative estimate of drug-likeness (QED) is 0.0355. The topological polar surface area (TPSA) is 61.8 Å². The fourth-order valence-corrected chi connectivity index (χ4v) is 6.79. The molecule has 0 fully saturated rings. The van der Waals surface area contributed by atoms with Crippen LogP contribution in [0, 0.1) is 0 Å². The summed E-state index contributed by atoms with van der Waals surface area (Å²) in [4.78, 5) is 25.2. The molecule has 0 aromatic carbocycles. The molecule has 0 bridgehead atoms. The highest BCUT2D eigenvalue weighted by atomic mass is 16.6. The molecule has 0 aromatic heterocycles. The van der Waals surface area contributed by atoms with Gasteiger partial charge in [-0.05, 0) is 38.5 Å². The van der Waals surface area contributed by atoms with Crippen LogP contribution in [0.25, 0.3) is 0 Å². The van der Waals surface area contributed by atoms with E-state index in [9.17, 15) is 9.59 Å². The van der Waals surface area contributed by atoms with Gasteiger partial charge in [-0.1, -0.05) is 213 Å². The number of unbranched alkanes of at least 4 members (excludes halogenated alkanes) is 30. The summed E-state index contributed by atoms with van der Waals surface area (Å²) >= 11 is 0. The number of hydrogen-bond donors (Lipinski definition) is 0. The van der Waals surface area contributed by atoms with Crippen molar-refractivity contribution in [2.45, 2.75) is 258 Å². The summed E-state index contributed by atoms with van der Waals surface area (Å²) in [5.74, 6) is -0.394. The maximum absolute atomic E-state index is 12.7. The molecule has 0 N–H and O–H groups in total. The van der Waals surface area contributed by atoms with Crippen molar-refractivity contribution in [2.24, 2.45) is 0 Å². The van der Waals surface area contributed by atoms with Crippen LogP contribution in [0.1, 0.15) is 252 Å². The number of carbonyl (C=O) groups excluding carboxylic acids is 2. The highest BCUT2D eigenvalue weighted by Crippen LogP contribution is 2.15. The lowest BCUT2D eigenvalue weighted by atomic mass is 10.0. The van der Waals surface area contributed by atoms with E-state index in [0.29, 0.717) is 26.1 Å². The minimum atomic E-state index is -0.527. The molecule has 1 atom stereocenters. The fourth-order valence-electron chi connectivity index (χ4n) is 6.79. The second-order valence-electron chi connectivity index (χ2n) is 15.7. The van der Waals surface area contributed by atoms with Gasteiger partial charge in [-0.25, -0.2) is 0 Å². The highest BCUT2D eigenvalue weighted by molar-refractivity contribution is 5.70. The minimum Gasteiger partial charge on any atom is -0.462 e. The molecule has 0 radical (unpaired) electrons. The van der Waals surface area contributed by atoms with Crippen molar-refractivity contribution >= 4 is 11.9 Å². The third-order valence-corrected chi connectivity index (χ3v) is 10.3. The summed E-state index contributed by atoms with van der Waals surface area (Å²) in [6.07, 6.45) is 47.8. The van der Waals surface area contributed by atoms with Gasteiger partial charge in [0.2, 0.25) is 0 Å². The van der Waals surface area contributed by atoms with Gasteiger partial charge in [-0.2, -0.15) is 0 Å². The van der Waals surface area contributed by atoms with E-state index in [2.05, 4.69) is 32.9 Å². The first-order valence-corrected chi connectivity index (χ1v) is 23.2. The van der Waals surface area contributed by atoms with Gasteiger partial charge >= 0.3 is 11.9 Å². The van der Waals surface area contributed by atoms with Crippen LogP contribution in [-0.2, 0) is 23.8 Å². The molecule has 52 heavy (non-hydrogen) atoms. The number of esters is 2. The van der Waals surface area contributed by atoms with E-state index in [0.717, 1.165) is 44.9 Å². The molecule has 0 aliphatic heterocycles. The van der Waals surface area contributed by atoms with Gasteiger partial charge in [0.25, 0.3) is 0 Å². The smallest absolute Gasteiger partial charge is 0.306 e. The average Bonchev–Trinajstić information content (AvgIpc) is 3.14. The highest BCUT2D eigenvalue weighted by Gasteiger charge is 2.17. The van der Waals surface area contributed by atoms with Crippen molar-refractivity contribution in [3.05, 3.63) is 12.2 Å². The van der Waals surface area contributed by atoms with Gasteiger partial charge in [-0.3, -0.25) is 9.59 Å². The van der Waals surface area contributed by atoms with Crippen LogP contribution in [-0.4, -0.2) is 37.9 Å². The van der Waals surface area contributed by atoms with Crippen LogP contribution >= 0.6 is 0 Å². The van der Waals surface area contributed by atoms with Crippen LogP contribution in [0.15, 0.2) is 12.2 Å². The van der Waals surface area contributed by atoms with Crippen LogP contribution in [0.3, 0.4) is 0 Å². The predicted octanol–water partition coefficient (Wildman–Crippen LogP) is 15.1. The van der Waals surface area contributed by atoms with E-state index >= 15 is 0 Å². The SMILES string of the molecule is CCCC/C=C\CCCCCCCC(=O)OC(COCCCCCCCCCC)COC(=O)CCCCCCCCCCCCCCCCCCC. The molecular formula is C47H90O5. The van der Waals surface area contributed by atoms with Crippen LogP contribution < -0.4 is 0 Å². The van der Waals surface area contributed by atoms with Crippen molar-refractivity contribution in [1.82, 2.24) is 0 Å². The average molecular weight is 735 g/mol. The van der Waals surface area contributed by atoms with Gasteiger partial charge in [0, 0.05) is 19.4 Å². The fraction of sp³-hybridized carbons (Fsp3) is 0.915. The van der Waals surface area contributed by atoms with Gasteiger partial charge in [0.1, 0.15) is 6.61 Å². The first-order valence-electron chi connectivity index (χ1n) is 23.2. The number of carbonyl (C=O) groups is 2. The maximum atomic E-state index is 12.7. The van der Waals surface area contributed by atoms with E-state index in [1.807, 2.05) is 0 Å². The molecule has 308 valence electrons. The second-order valence-corrected chi connectivity index (χ2v) is 15.7. The predicted molar refractivity (Wildman–Crippen MR) is 224 cm³/mol. The van der Waals surface area contributed by atoms with Crippen molar-refractivity contribution in [1.29, 1.82) is 0 Å². The Bertz CT molecular complexity index is 750. The molecule has 5 heteroatoms. The Kier molecular flexibility index (Phi) is 42.9. The molecule has 1 unspecified atom stereocenters. The Hall–Kier alpha value is -1.36. The van der Waals surface area contributed by atoms with Gasteiger partial charge < -0.3 is 14.2 Å². The standard InChI is InChI=1S/C47H90O5/c1-4-7-10-13-16-19-21-22-23-24-25-26-28-29-31-34-37-40-46(48)51-44-45(43-50-42-39-36-33-18-15-12-9-6-3)52-47(49)41-38-35-32-30-27-20-17-14-11-8-5-2/h14,17,45H,4-13,15-16,18-44H2,1-3H3/b17-14-. The number of rotatable bonds is 43. The minimum absolute atomic E-state index is 0.0900. The van der Waals surface area contributed by atoms with E-state index in [-0.39, 0.29) is 18.5 Å². The zero-order chi connectivity index (χ0) is 37.8. The van der Waals surface area contributed by atoms with E-state index in [4.69, 9.17) is 14.2 Å². The number of allylic oxidation sites excluding steroid dienone is 2. The molecule has 0 saturated heterocycles. The molecule has 0 heterocycles. The Morgan fingerprint density at radius 2 is 0.769 bits per heavy atom. The van der Waals surface area contributed by atoms with Crippen molar-refractivity contribution in [3.63, 3.8) is 0 Å². The summed E-state index contributed by atoms with van der Waals surface area (Å²) < 4.78 is 17.3. The lowest BCUT2D eigenvalue weighted by molar-refractivity contribution is -0.163. The van der Waals surface area contributed by atoms with Crippen LogP contribution in [0.2, 0.25) is 0 Å². The Labute approximate surface area is 325 Å². The lowest BCUT2D eigenvalue weighted by Crippen LogP contribution is -2.30. The van der Waals surface area contributed by atoms with Crippen LogP contribution in [0.5, 0.6) is 0 Å². The van der Waals surface area contributed by atoms with E-state index < -0.39 is 6.10 Å². The second kappa shape index (κ2) is 44.0. The molecule has 0 amide bonds. The lowest BCUT2D eigenvalue weighted by Gasteiger charge is -2.18. The summed E-state index contributed by atoms with van der Waals surface area (Å²) in [6, 6.07) is 0. The molecule has 5 nitrogen and oxygen atoms in total. The molecule has 0 aliphatic rings. The number of hydrogen-bond acceptors (Lipinski definition) is 5. The molecule has 0 aliphatic carbocycles. The summed E-state index contributed by atoms with van der Waals surface area (Å²) in [7, 11) is 0. The zero-order valence-corrected chi connectivity index (χ0v) is 35.4. The van der Waals surface area contributed by atoms with Gasteiger partial charge in [-0.15, -0.1) is 0 Å². The Morgan fingerprint density at radius 3 is 1.23 bits per heavy atom. The van der Waals surface area contributed by atoms with Crippen molar-refractivity contribution in [2.75, 3.05) is 19.8 Å². The normalized spacial score (nSPS) is 12.1. The first-order chi connectivity index (χ1) is 25.6. The first kappa shape index (κ1) is 50.6. The monoisotopic (exact) mass is 735 g/mol. The Morgan fingerprint density at radius 1 is 0.404 bits per heavy atom. The molecule has 0 spiro atoms. The van der Waals surface area contributed by atoms with Gasteiger partial charge in [0.05, 0.1) is 6.61 Å². The third-order valence-electron chi connectivity index (χ3n) is 10.3. The summed E-state index contributed by atoms with van der Waals surface area (Å²) in [5, 5.41) is 0. The van der Waals surface area contributed by atoms with Gasteiger partial charge in [0.15, 0.2) is 6.10 Å². The summed E-state index contributed by atoms with van der Waals surface area (Å²) in [5.41, 5.74) is 0. The van der Waals surface area contributed by atoms with Crippen LogP contribution in [0.4, 0.5) is 0 Å². The summed E-state index contributed by atoms with van der Waals surface area (Å²) in [6.45, 7) is 7.81. The Balaban J connectivity index is 4.10. The molecule has 0 aromatic rings. The van der Waals surface area contributed by atoms with Crippen molar-refractivity contribution < 1.29 is 23.8 Å². The molecule has 0 rings (SSSR count). The number of ether oxygens (including phenoxy) is 3.